The van der Waals surface area contributed by atoms with Crippen molar-refractivity contribution in [1.82, 2.24) is 9.47 Å². The van der Waals surface area contributed by atoms with E-state index in [-0.39, 0.29) is 11.9 Å². The van der Waals surface area contributed by atoms with Crippen LogP contribution in [0.4, 0.5) is 5.69 Å². The molecule has 1 aliphatic heterocycles. The lowest BCUT2D eigenvalue weighted by molar-refractivity contribution is 0.0669. The molecule has 0 fully saturated rings. The van der Waals surface area contributed by atoms with Gasteiger partial charge in [0.1, 0.15) is 0 Å². The van der Waals surface area contributed by atoms with Crippen LogP contribution in [0, 0.1) is 0 Å². The maximum absolute atomic E-state index is 13.1. The molecule has 4 nitrogen and oxygen atoms in total. The zero-order chi connectivity index (χ0) is 17.4. The average Bonchev–Trinajstić information content (AvgIpc) is 3.31. The van der Waals surface area contributed by atoms with Crippen LogP contribution in [0.3, 0.4) is 0 Å². The van der Waals surface area contributed by atoms with E-state index in [2.05, 4.69) is 52.1 Å². The summed E-state index contributed by atoms with van der Waals surface area (Å²) in [5.74, 6) is 0.115. The van der Waals surface area contributed by atoms with Crippen LogP contribution in [0.25, 0.3) is 0 Å². The van der Waals surface area contributed by atoms with Crippen LogP contribution >= 0.6 is 11.3 Å². The largest absolute Gasteiger partial charge is 0.378 e. The fourth-order valence-electron chi connectivity index (χ4n) is 3.45. The summed E-state index contributed by atoms with van der Waals surface area (Å²) in [4.78, 5) is 18.0. The molecular formula is C20H21N3OS. The van der Waals surface area contributed by atoms with E-state index in [1.807, 2.05) is 36.5 Å². The van der Waals surface area contributed by atoms with E-state index < -0.39 is 0 Å². The van der Waals surface area contributed by atoms with Crippen molar-refractivity contribution in [2.45, 2.75) is 12.6 Å². The number of aromatic nitrogens is 1. The number of benzene rings is 1. The Morgan fingerprint density at radius 3 is 2.56 bits per heavy atom. The van der Waals surface area contributed by atoms with Gasteiger partial charge in [-0.2, -0.15) is 0 Å². The smallest absolute Gasteiger partial charge is 0.264 e. The number of fused-ring (bicyclic) bond motifs is 1. The number of rotatable bonds is 3. The summed E-state index contributed by atoms with van der Waals surface area (Å²) in [6, 6.07) is 16.5. The third-order valence-corrected chi connectivity index (χ3v) is 5.61. The minimum atomic E-state index is -0.0467. The molecule has 3 heterocycles. The lowest BCUT2D eigenvalue weighted by Gasteiger charge is -2.37. The molecule has 1 aliphatic rings. The number of hydrogen-bond donors (Lipinski definition) is 0. The van der Waals surface area contributed by atoms with Gasteiger partial charge in [-0.25, -0.2) is 0 Å². The van der Waals surface area contributed by atoms with Crippen LogP contribution in [0.5, 0.6) is 0 Å². The van der Waals surface area contributed by atoms with Gasteiger partial charge in [-0.15, -0.1) is 11.3 Å². The van der Waals surface area contributed by atoms with Crippen LogP contribution in [-0.2, 0) is 6.54 Å². The first-order chi connectivity index (χ1) is 12.1. The first kappa shape index (κ1) is 16.0. The fourth-order valence-corrected chi connectivity index (χ4v) is 4.13. The number of thiophene rings is 1. The summed E-state index contributed by atoms with van der Waals surface area (Å²) in [5.41, 5.74) is 3.48. The topological polar surface area (TPSA) is 28.5 Å². The van der Waals surface area contributed by atoms with E-state index in [9.17, 15) is 4.79 Å². The summed E-state index contributed by atoms with van der Waals surface area (Å²) in [6.45, 7) is 1.56. The van der Waals surface area contributed by atoms with Gasteiger partial charge in [0.25, 0.3) is 5.91 Å². The monoisotopic (exact) mass is 351 g/mol. The van der Waals surface area contributed by atoms with E-state index in [0.29, 0.717) is 0 Å². The zero-order valence-electron chi connectivity index (χ0n) is 14.4. The quantitative estimate of drug-likeness (QED) is 0.717. The molecule has 0 saturated carbocycles. The van der Waals surface area contributed by atoms with Crippen molar-refractivity contribution in [2.24, 2.45) is 0 Å². The van der Waals surface area contributed by atoms with Gasteiger partial charge in [-0.1, -0.05) is 18.2 Å². The van der Waals surface area contributed by atoms with Crippen molar-refractivity contribution >= 4 is 22.9 Å². The van der Waals surface area contributed by atoms with E-state index in [1.165, 1.54) is 17.0 Å². The SMILES string of the molecule is CN(C)c1ccc([C@@H]2c3cccn3CCN2C(=O)c2cccs2)cc1. The molecule has 0 bridgehead atoms. The molecule has 25 heavy (non-hydrogen) atoms. The van der Waals surface area contributed by atoms with Crippen molar-refractivity contribution in [3.8, 4) is 0 Å². The van der Waals surface area contributed by atoms with Crippen molar-refractivity contribution in [1.29, 1.82) is 0 Å². The van der Waals surface area contributed by atoms with Gasteiger partial charge in [0, 0.05) is 44.8 Å². The first-order valence-corrected chi connectivity index (χ1v) is 9.30. The third kappa shape index (κ3) is 2.85. The zero-order valence-corrected chi connectivity index (χ0v) is 15.2. The second-order valence-electron chi connectivity index (χ2n) is 6.49. The molecule has 128 valence electrons. The number of carbonyl (C=O) groups is 1. The Morgan fingerprint density at radius 1 is 1.08 bits per heavy atom. The fraction of sp³-hybridized carbons (Fsp3) is 0.250. The average molecular weight is 351 g/mol. The predicted molar refractivity (Wildman–Crippen MR) is 102 cm³/mol. The highest BCUT2D eigenvalue weighted by molar-refractivity contribution is 7.12. The number of hydrogen-bond acceptors (Lipinski definition) is 3. The summed E-state index contributed by atoms with van der Waals surface area (Å²) in [6.07, 6.45) is 2.10. The summed E-state index contributed by atoms with van der Waals surface area (Å²) in [5, 5.41) is 1.96. The highest BCUT2D eigenvalue weighted by Crippen LogP contribution is 2.34. The normalized spacial score (nSPS) is 16.6. The molecule has 5 heteroatoms. The predicted octanol–water partition coefficient (Wildman–Crippen LogP) is 3.86. The van der Waals surface area contributed by atoms with Gasteiger partial charge < -0.3 is 14.4 Å². The Morgan fingerprint density at radius 2 is 1.88 bits per heavy atom. The van der Waals surface area contributed by atoms with Gasteiger partial charge in [0.15, 0.2) is 0 Å². The maximum atomic E-state index is 13.1. The Bertz CT molecular complexity index is 865. The number of anilines is 1. The standard InChI is InChI=1S/C20H21N3OS/c1-21(2)16-9-7-15(8-10-16)19-17-5-3-11-22(17)12-13-23(19)20(24)18-6-4-14-25-18/h3-11,14,19H,12-13H2,1-2H3/t19-/m1/s1. The highest BCUT2D eigenvalue weighted by Gasteiger charge is 2.32. The Kier molecular flexibility index (Phi) is 4.09. The van der Waals surface area contributed by atoms with Crippen LogP contribution in [0.1, 0.15) is 27.0 Å². The maximum Gasteiger partial charge on any atom is 0.264 e. The van der Waals surface area contributed by atoms with Gasteiger partial charge in [0.2, 0.25) is 0 Å². The molecule has 0 saturated heterocycles. The molecule has 1 amide bonds. The first-order valence-electron chi connectivity index (χ1n) is 8.42. The lowest BCUT2D eigenvalue weighted by atomic mass is 9.99. The molecule has 2 aromatic heterocycles. The van der Waals surface area contributed by atoms with Crippen molar-refractivity contribution in [3.63, 3.8) is 0 Å². The number of amides is 1. The molecule has 0 unspecified atom stereocenters. The van der Waals surface area contributed by atoms with Crippen LogP contribution < -0.4 is 4.90 Å². The van der Waals surface area contributed by atoms with Crippen molar-refractivity contribution < 1.29 is 4.79 Å². The Balaban J connectivity index is 1.75. The van der Waals surface area contributed by atoms with E-state index in [1.54, 1.807) is 0 Å². The van der Waals surface area contributed by atoms with E-state index in [0.717, 1.165) is 29.2 Å². The Labute approximate surface area is 151 Å². The molecule has 0 N–H and O–H groups in total. The molecular weight excluding hydrogens is 330 g/mol. The van der Waals surface area contributed by atoms with Crippen LogP contribution in [0.2, 0.25) is 0 Å². The van der Waals surface area contributed by atoms with Crippen molar-refractivity contribution in [2.75, 3.05) is 25.5 Å². The minimum Gasteiger partial charge on any atom is -0.378 e. The summed E-state index contributed by atoms with van der Waals surface area (Å²) >= 11 is 1.51. The second kappa shape index (κ2) is 6.41. The van der Waals surface area contributed by atoms with Crippen molar-refractivity contribution in [3.05, 3.63) is 76.2 Å². The van der Waals surface area contributed by atoms with Crippen LogP contribution in [0.15, 0.2) is 60.1 Å². The lowest BCUT2D eigenvalue weighted by Crippen LogP contribution is -2.42. The Hall–Kier alpha value is -2.53. The molecule has 3 aromatic rings. The highest BCUT2D eigenvalue weighted by atomic mass is 32.1. The molecule has 0 aliphatic carbocycles. The minimum absolute atomic E-state index is 0.0467. The van der Waals surface area contributed by atoms with Gasteiger partial charge in [0.05, 0.1) is 10.9 Å². The third-order valence-electron chi connectivity index (χ3n) is 4.76. The van der Waals surface area contributed by atoms with E-state index >= 15 is 0 Å². The molecule has 0 spiro atoms. The number of nitrogens with zero attached hydrogens (tertiary/aromatic N) is 3. The summed E-state index contributed by atoms with van der Waals surface area (Å²) < 4.78 is 2.25. The van der Waals surface area contributed by atoms with Gasteiger partial charge in [-0.05, 0) is 41.3 Å². The van der Waals surface area contributed by atoms with E-state index in [4.69, 9.17) is 0 Å². The molecule has 4 rings (SSSR count). The van der Waals surface area contributed by atoms with Gasteiger partial charge >= 0.3 is 0 Å². The molecule has 0 radical (unpaired) electrons. The van der Waals surface area contributed by atoms with Crippen LogP contribution in [-0.4, -0.2) is 36.0 Å². The summed E-state index contributed by atoms with van der Waals surface area (Å²) in [7, 11) is 4.07. The second-order valence-corrected chi connectivity index (χ2v) is 7.44. The molecule has 1 atom stereocenters. The van der Waals surface area contributed by atoms with Gasteiger partial charge in [-0.3, -0.25) is 4.79 Å². The number of carbonyl (C=O) groups excluding carboxylic acids is 1. The molecule has 1 aromatic carbocycles.